The zero-order valence-corrected chi connectivity index (χ0v) is 24.4. The number of nitrogens with one attached hydrogen (secondary N) is 2. The number of aliphatic hydroxyl groups excluding tert-OH is 1. The first kappa shape index (κ1) is 28.9. The van der Waals surface area contributed by atoms with Crippen LogP contribution in [0.5, 0.6) is 0 Å². The molecular formula is C30H45N3O4S. The molecule has 38 heavy (non-hydrogen) atoms. The lowest BCUT2D eigenvalue weighted by atomic mass is 9.70. The van der Waals surface area contributed by atoms with Crippen LogP contribution in [-0.2, 0) is 20.9 Å². The first-order valence-corrected chi connectivity index (χ1v) is 15.0. The van der Waals surface area contributed by atoms with Crippen molar-refractivity contribution in [2.24, 2.45) is 17.3 Å². The van der Waals surface area contributed by atoms with E-state index in [2.05, 4.69) is 31.4 Å². The highest BCUT2D eigenvalue weighted by atomic mass is 32.2. The van der Waals surface area contributed by atoms with Crippen LogP contribution in [0.2, 0.25) is 0 Å². The summed E-state index contributed by atoms with van der Waals surface area (Å²) in [6.45, 7) is 11.6. The molecule has 8 heteroatoms. The van der Waals surface area contributed by atoms with E-state index in [0.717, 1.165) is 37.7 Å². The van der Waals surface area contributed by atoms with E-state index in [-0.39, 0.29) is 35.0 Å². The van der Waals surface area contributed by atoms with Crippen LogP contribution < -0.4 is 10.6 Å². The van der Waals surface area contributed by atoms with Crippen molar-refractivity contribution in [3.63, 3.8) is 0 Å². The van der Waals surface area contributed by atoms with Crippen molar-refractivity contribution in [2.45, 2.75) is 101 Å². The number of benzene rings is 1. The van der Waals surface area contributed by atoms with Crippen LogP contribution in [0.25, 0.3) is 0 Å². The molecule has 0 aliphatic carbocycles. The minimum atomic E-state index is -0.588. The summed E-state index contributed by atoms with van der Waals surface area (Å²) >= 11 is 1.71. The van der Waals surface area contributed by atoms with Gasteiger partial charge in [0.25, 0.3) is 0 Å². The number of likely N-dealkylation sites (tertiary alicyclic amines) is 1. The topological polar surface area (TPSA) is 98.7 Å². The molecule has 210 valence electrons. The summed E-state index contributed by atoms with van der Waals surface area (Å²) in [4.78, 5) is 43.4. The molecule has 5 atom stereocenters. The molecule has 1 aromatic rings. The normalized spacial score (nSPS) is 28.5. The van der Waals surface area contributed by atoms with Crippen LogP contribution >= 0.6 is 11.8 Å². The maximum Gasteiger partial charge on any atom is 0.244 e. The number of unbranched alkanes of at least 4 members (excludes halogenated alkanes) is 2. The Morgan fingerprint density at radius 3 is 2.45 bits per heavy atom. The smallest absolute Gasteiger partial charge is 0.244 e. The van der Waals surface area contributed by atoms with Gasteiger partial charge in [0.05, 0.1) is 16.6 Å². The van der Waals surface area contributed by atoms with Gasteiger partial charge in [-0.2, -0.15) is 0 Å². The van der Waals surface area contributed by atoms with Gasteiger partial charge in [-0.1, -0.05) is 51.1 Å². The third-order valence-electron chi connectivity index (χ3n) is 8.15. The van der Waals surface area contributed by atoms with E-state index in [1.54, 1.807) is 16.7 Å². The second-order valence-electron chi connectivity index (χ2n) is 13.2. The summed E-state index contributed by atoms with van der Waals surface area (Å²) in [6.07, 6.45) is 4.60. The van der Waals surface area contributed by atoms with E-state index in [4.69, 9.17) is 0 Å². The van der Waals surface area contributed by atoms with Gasteiger partial charge in [-0.05, 0) is 63.4 Å². The Labute approximate surface area is 231 Å². The van der Waals surface area contributed by atoms with Crippen molar-refractivity contribution in [3.8, 4) is 0 Å². The van der Waals surface area contributed by atoms with E-state index in [9.17, 15) is 19.5 Å². The average Bonchev–Trinajstić information content (AvgIpc) is 3.46. The fourth-order valence-corrected chi connectivity index (χ4v) is 9.46. The Hall–Kier alpha value is -2.06. The summed E-state index contributed by atoms with van der Waals surface area (Å²) in [7, 11) is 0. The molecule has 2 bridgehead atoms. The first-order valence-electron chi connectivity index (χ1n) is 14.1. The second kappa shape index (κ2) is 11.2. The molecule has 0 aromatic heterocycles. The van der Waals surface area contributed by atoms with Crippen LogP contribution in [0.4, 0.5) is 0 Å². The van der Waals surface area contributed by atoms with E-state index >= 15 is 0 Å². The number of rotatable bonds is 11. The third-order valence-corrected chi connectivity index (χ3v) is 10.1. The lowest BCUT2D eigenvalue weighted by molar-refractivity contribution is -0.140. The number of aliphatic hydroxyl groups is 1. The number of hydrogen-bond donors (Lipinski definition) is 3. The Balaban J connectivity index is 1.58. The number of nitrogens with zero attached hydrogens (tertiary/aromatic N) is 1. The number of carbonyl (C=O) groups excluding carboxylic acids is 3. The van der Waals surface area contributed by atoms with Crippen molar-refractivity contribution in [2.75, 3.05) is 13.2 Å². The van der Waals surface area contributed by atoms with Crippen molar-refractivity contribution in [1.82, 2.24) is 15.5 Å². The lowest BCUT2D eigenvalue weighted by Crippen LogP contribution is -2.58. The van der Waals surface area contributed by atoms with Crippen LogP contribution in [0, 0.1) is 17.3 Å². The Kier molecular flexibility index (Phi) is 8.53. The van der Waals surface area contributed by atoms with Crippen LogP contribution in [0.15, 0.2) is 30.3 Å². The number of hydrogen-bond acceptors (Lipinski definition) is 5. The molecule has 3 heterocycles. The van der Waals surface area contributed by atoms with E-state index < -0.39 is 28.2 Å². The largest absolute Gasteiger partial charge is 0.396 e. The van der Waals surface area contributed by atoms with Crippen LogP contribution in [0.3, 0.4) is 0 Å². The maximum atomic E-state index is 14.0. The molecule has 3 N–H and O–H groups in total. The summed E-state index contributed by atoms with van der Waals surface area (Å²) in [5, 5.41) is 15.7. The molecule has 7 nitrogen and oxygen atoms in total. The van der Waals surface area contributed by atoms with Crippen molar-refractivity contribution in [1.29, 1.82) is 0 Å². The summed E-state index contributed by atoms with van der Waals surface area (Å²) in [6, 6.07) is 9.21. The Bertz CT molecular complexity index is 1020. The van der Waals surface area contributed by atoms with Gasteiger partial charge in [-0.3, -0.25) is 14.4 Å². The summed E-state index contributed by atoms with van der Waals surface area (Å²) in [5.41, 5.74) is 0.631. The highest BCUT2D eigenvalue weighted by Gasteiger charge is 2.73. The van der Waals surface area contributed by atoms with Gasteiger partial charge in [0.2, 0.25) is 17.7 Å². The highest BCUT2D eigenvalue weighted by molar-refractivity contribution is 8.02. The predicted molar refractivity (Wildman–Crippen MR) is 151 cm³/mol. The van der Waals surface area contributed by atoms with Gasteiger partial charge in [0.15, 0.2) is 0 Å². The number of amides is 3. The lowest BCUT2D eigenvalue weighted by Gasteiger charge is -2.38. The first-order chi connectivity index (χ1) is 17.9. The standard InChI is InChI=1S/C30H45N3O4S/c1-28(2,3)19-29(4,5)32-26(36)24-30-15-14-21(38-30)22(25(35)31-18-20-12-8-6-9-13-20)23(30)27(37)33(24)16-10-7-11-17-34/h6,8-9,12-13,21-24,34H,7,10-11,14-19H2,1-5H3,(H,31,35)(H,32,36)/t21-,22+,23-,24?,30?/m0/s1. The van der Waals surface area contributed by atoms with Crippen molar-refractivity contribution >= 4 is 29.5 Å². The van der Waals surface area contributed by atoms with Gasteiger partial charge < -0.3 is 20.6 Å². The molecule has 2 unspecified atom stereocenters. The molecule has 0 radical (unpaired) electrons. The second-order valence-corrected chi connectivity index (χ2v) is 14.8. The quantitative estimate of drug-likeness (QED) is 0.368. The predicted octanol–water partition coefficient (Wildman–Crippen LogP) is 3.89. The molecule has 3 fully saturated rings. The van der Waals surface area contributed by atoms with E-state index in [1.807, 2.05) is 44.2 Å². The molecule has 3 saturated heterocycles. The highest BCUT2D eigenvalue weighted by Crippen LogP contribution is 2.66. The molecule has 1 aromatic carbocycles. The molecular weight excluding hydrogens is 498 g/mol. The molecule has 3 amide bonds. The van der Waals surface area contributed by atoms with Crippen molar-refractivity contribution < 1.29 is 19.5 Å². The van der Waals surface area contributed by atoms with Crippen LogP contribution in [0.1, 0.15) is 78.7 Å². The van der Waals surface area contributed by atoms with Gasteiger partial charge in [-0.15, -0.1) is 11.8 Å². The SMILES string of the molecule is CC(C)(C)CC(C)(C)NC(=O)C1N(CCCCCO)C(=O)[C@@H]2[C@H](C(=O)NCc3ccccc3)[C@@H]3CCC12S3. The van der Waals surface area contributed by atoms with Crippen LogP contribution in [-0.4, -0.2) is 62.5 Å². The van der Waals surface area contributed by atoms with Gasteiger partial charge in [0, 0.05) is 30.5 Å². The monoisotopic (exact) mass is 543 g/mol. The zero-order chi connectivity index (χ0) is 27.7. The summed E-state index contributed by atoms with van der Waals surface area (Å²) in [5.74, 6) is -1.15. The molecule has 4 rings (SSSR count). The molecule has 1 spiro atoms. The summed E-state index contributed by atoms with van der Waals surface area (Å²) < 4.78 is -0.574. The van der Waals surface area contributed by atoms with Crippen molar-refractivity contribution in [3.05, 3.63) is 35.9 Å². The van der Waals surface area contributed by atoms with Gasteiger partial charge >= 0.3 is 0 Å². The molecule has 0 saturated carbocycles. The van der Waals surface area contributed by atoms with E-state index in [1.165, 1.54) is 0 Å². The number of carbonyl (C=O) groups is 3. The molecule has 3 aliphatic heterocycles. The fraction of sp³-hybridized carbons (Fsp3) is 0.700. The van der Waals surface area contributed by atoms with E-state index in [0.29, 0.717) is 19.5 Å². The van der Waals surface area contributed by atoms with Gasteiger partial charge in [-0.25, -0.2) is 0 Å². The number of fused-ring (bicyclic) bond motifs is 1. The maximum absolute atomic E-state index is 14.0. The average molecular weight is 544 g/mol. The van der Waals surface area contributed by atoms with Gasteiger partial charge in [0.1, 0.15) is 6.04 Å². The molecule has 3 aliphatic rings. The number of thioether (sulfide) groups is 1. The Morgan fingerprint density at radius 2 is 1.79 bits per heavy atom. The fourth-order valence-electron chi connectivity index (χ4n) is 7.24. The minimum Gasteiger partial charge on any atom is -0.396 e. The zero-order valence-electron chi connectivity index (χ0n) is 23.6. The Morgan fingerprint density at radius 1 is 1.08 bits per heavy atom. The minimum absolute atomic E-state index is 0.0373. The third kappa shape index (κ3) is 5.91.